The first-order valence-electron chi connectivity index (χ1n) is 4.78. The predicted molar refractivity (Wildman–Crippen MR) is 60.0 cm³/mol. The third kappa shape index (κ3) is 2.23. The van der Waals surface area contributed by atoms with Gasteiger partial charge in [-0.1, -0.05) is 0 Å². The molecule has 0 aliphatic heterocycles. The SMILES string of the molecule is Cc1cnc(Sc2ncc(CO)n2C)nc1. The first-order chi connectivity index (χ1) is 7.70. The molecule has 0 saturated heterocycles. The lowest BCUT2D eigenvalue weighted by Gasteiger charge is -2.02. The Hall–Kier alpha value is -1.40. The number of hydrogen-bond acceptors (Lipinski definition) is 5. The lowest BCUT2D eigenvalue weighted by molar-refractivity contribution is 0.271. The lowest BCUT2D eigenvalue weighted by Crippen LogP contribution is -1.98. The number of aliphatic hydroxyl groups is 1. The molecule has 0 spiro atoms. The summed E-state index contributed by atoms with van der Waals surface area (Å²) in [6.07, 6.45) is 5.19. The maximum atomic E-state index is 9.03. The fourth-order valence-electron chi connectivity index (χ4n) is 1.18. The van der Waals surface area contributed by atoms with Gasteiger partial charge in [-0.3, -0.25) is 0 Å². The van der Waals surface area contributed by atoms with Crippen molar-refractivity contribution in [3.8, 4) is 0 Å². The van der Waals surface area contributed by atoms with Crippen LogP contribution in [0.5, 0.6) is 0 Å². The van der Waals surface area contributed by atoms with E-state index in [0.717, 1.165) is 16.4 Å². The molecule has 16 heavy (non-hydrogen) atoms. The van der Waals surface area contributed by atoms with E-state index < -0.39 is 0 Å². The van der Waals surface area contributed by atoms with Crippen molar-refractivity contribution in [3.63, 3.8) is 0 Å². The van der Waals surface area contributed by atoms with E-state index >= 15 is 0 Å². The first-order valence-corrected chi connectivity index (χ1v) is 5.60. The van der Waals surface area contributed by atoms with Crippen LogP contribution in [-0.2, 0) is 13.7 Å². The minimum atomic E-state index is -0.0151. The Bertz CT molecular complexity index is 480. The van der Waals surface area contributed by atoms with Crippen LogP contribution in [0.3, 0.4) is 0 Å². The monoisotopic (exact) mass is 236 g/mol. The largest absolute Gasteiger partial charge is 0.390 e. The Balaban J connectivity index is 2.20. The van der Waals surface area contributed by atoms with Crippen LogP contribution in [-0.4, -0.2) is 24.6 Å². The van der Waals surface area contributed by atoms with Crippen LogP contribution in [0.2, 0.25) is 0 Å². The zero-order chi connectivity index (χ0) is 11.5. The molecule has 84 valence electrons. The summed E-state index contributed by atoms with van der Waals surface area (Å²) in [5.74, 6) is 0. The van der Waals surface area contributed by atoms with Gasteiger partial charge in [-0.2, -0.15) is 0 Å². The molecular weight excluding hydrogens is 224 g/mol. The van der Waals surface area contributed by atoms with Crippen molar-refractivity contribution in [1.82, 2.24) is 19.5 Å². The van der Waals surface area contributed by atoms with Crippen LogP contribution in [0.25, 0.3) is 0 Å². The molecule has 0 saturated carbocycles. The first kappa shape index (κ1) is 11.1. The summed E-state index contributed by atoms with van der Waals surface area (Å²) in [4.78, 5) is 12.6. The highest BCUT2D eigenvalue weighted by molar-refractivity contribution is 7.99. The van der Waals surface area contributed by atoms with Gasteiger partial charge in [-0.05, 0) is 24.2 Å². The Morgan fingerprint density at radius 1 is 1.25 bits per heavy atom. The third-order valence-electron chi connectivity index (χ3n) is 2.14. The summed E-state index contributed by atoms with van der Waals surface area (Å²) in [6.45, 7) is 1.93. The summed E-state index contributed by atoms with van der Waals surface area (Å²) in [5, 5.41) is 10.5. The molecule has 0 aromatic carbocycles. The number of hydrogen-bond donors (Lipinski definition) is 1. The van der Waals surface area contributed by atoms with Gasteiger partial charge in [0.25, 0.3) is 0 Å². The molecule has 2 aromatic heterocycles. The standard InChI is InChI=1S/C10H12N4OS/c1-7-3-11-9(12-4-7)16-10-13-5-8(6-15)14(10)2/h3-5,15H,6H2,1-2H3. The number of aliphatic hydroxyl groups excluding tert-OH is 1. The molecule has 2 aromatic rings. The highest BCUT2D eigenvalue weighted by Gasteiger charge is 2.08. The van der Waals surface area contributed by atoms with Crippen LogP contribution in [0, 0.1) is 6.92 Å². The van der Waals surface area contributed by atoms with E-state index in [0.29, 0.717) is 5.16 Å². The minimum absolute atomic E-state index is 0.0151. The molecule has 2 rings (SSSR count). The number of imidazole rings is 1. The average Bonchev–Trinajstić information content (AvgIpc) is 2.63. The summed E-state index contributed by atoms with van der Waals surface area (Å²) in [7, 11) is 1.86. The Morgan fingerprint density at radius 2 is 1.94 bits per heavy atom. The van der Waals surface area contributed by atoms with Gasteiger partial charge >= 0.3 is 0 Å². The molecule has 0 aliphatic carbocycles. The third-order valence-corrected chi connectivity index (χ3v) is 3.10. The van der Waals surface area contributed by atoms with Crippen LogP contribution in [0.1, 0.15) is 11.3 Å². The van der Waals surface area contributed by atoms with E-state index in [2.05, 4.69) is 15.0 Å². The van der Waals surface area contributed by atoms with Crippen molar-refractivity contribution in [3.05, 3.63) is 29.8 Å². The minimum Gasteiger partial charge on any atom is -0.390 e. The average molecular weight is 236 g/mol. The van der Waals surface area contributed by atoms with Crippen LogP contribution < -0.4 is 0 Å². The summed E-state index contributed by atoms with van der Waals surface area (Å²) in [5.41, 5.74) is 1.80. The highest BCUT2D eigenvalue weighted by atomic mass is 32.2. The highest BCUT2D eigenvalue weighted by Crippen LogP contribution is 2.23. The molecule has 0 radical (unpaired) electrons. The lowest BCUT2D eigenvalue weighted by atomic mass is 10.4. The van der Waals surface area contributed by atoms with Crippen molar-refractivity contribution in [2.24, 2.45) is 7.05 Å². The van der Waals surface area contributed by atoms with E-state index in [-0.39, 0.29) is 6.61 Å². The van der Waals surface area contributed by atoms with Gasteiger partial charge in [0.2, 0.25) is 0 Å². The summed E-state index contributed by atoms with van der Waals surface area (Å²) in [6, 6.07) is 0. The molecule has 0 unspecified atom stereocenters. The molecule has 0 atom stereocenters. The molecule has 2 heterocycles. The number of aryl methyl sites for hydroxylation is 1. The van der Waals surface area contributed by atoms with Crippen molar-refractivity contribution >= 4 is 11.8 Å². The Labute approximate surface area is 97.6 Å². The van der Waals surface area contributed by atoms with Crippen molar-refractivity contribution < 1.29 is 5.11 Å². The van der Waals surface area contributed by atoms with E-state index in [1.54, 1.807) is 18.6 Å². The maximum absolute atomic E-state index is 9.03. The molecule has 1 N–H and O–H groups in total. The van der Waals surface area contributed by atoms with Gasteiger partial charge in [0.1, 0.15) is 0 Å². The van der Waals surface area contributed by atoms with Gasteiger partial charge in [0.05, 0.1) is 18.5 Å². The molecule has 0 aliphatic rings. The van der Waals surface area contributed by atoms with Crippen LogP contribution in [0.15, 0.2) is 28.9 Å². The number of rotatable bonds is 3. The van der Waals surface area contributed by atoms with Gasteiger partial charge in [-0.25, -0.2) is 15.0 Å². The molecule has 6 heteroatoms. The summed E-state index contributed by atoms with van der Waals surface area (Å²) < 4.78 is 1.83. The van der Waals surface area contributed by atoms with E-state index in [1.807, 2.05) is 18.5 Å². The fourth-order valence-corrected chi connectivity index (χ4v) is 1.92. The zero-order valence-corrected chi connectivity index (χ0v) is 9.90. The van der Waals surface area contributed by atoms with E-state index in [9.17, 15) is 0 Å². The second-order valence-electron chi connectivity index (χ2n) is 3.39. The van der Waals surface area contributed by atoms with Gasteiger partial charge < -0.3 is 9.67 Å². The van der Waals surface area contributed by atoms with Gasteiger partial charge in [0, 0.05) is 19.4 Å². The quantitative estimate of drug-likeness (QED) is 0.810. The smallest absolute Gasteiger partial charge is 0.195 e. The molecule has 0 amide bonds. The topological polar surface area (TPSA) is 63.8 Å². The zero-order valence-electron chi connectivity index (χ0n) is 9.08. The van der Waals surface area contributed by atoms with E-state index in [4.69, 9.17) is 5.11 Å². The molecule has 0 bridgehead atoms. The second-order valence-corrected chi connectivity index (χ2v) is 4.33. The molecular formula is C10H12N4OS. The van der Waals surface area contributed by atoms with Crippen LogP contribution in [0.4, 0.5) is 0 Å². The van der Waals surface area contributed by atoms with Crippen molar-refractivity contribution in [1.29, 1.82) is 0 Å². The normalized spacial score (nSPS) is 10.7. The Morgan fingerprint density at radius 3 is 2.50 bits per heavy atom. The predicted octanol–water partition coefficient (Wildman–Crippen LogP) is 1.16. The molecule has 5 nitrogen and oxygen atoms in total. The number of aromatic nitrogens is 4. The van der Waals surface area contributed by atoms with Crippen LogP contribution >= 0.6 is 11.8 Å². The van der Waals surface area contributed by atoms with E-state index in [1.165, 1.54) is 11.8 Å². The summed E-state index contributed by atoms with van der Waals surface area (Å²) >= 11 is 1.38. The molecule has 0 fully saturated rings. The number of nitrogens with zero attached hydrogens (tertiary/aromatic N) is 4. The van der Waals surface area contributed by atoms with Crippen molar-refractivity contribution in [2.75, 3.05) is 0 Å². The van der Waals surface area contributed by atoms with Gasteiger partial charge in [-0.15, -0.1) is 0 Å². The van der Waals surface area contributed by atoms with Gasteiger partial charge in [0.15, 0.2) is 10.3 Å². The van der Waals surface area contributed by atoms with Crippen molar-refractivity contribution in [2.45, 2.75) is 23.8 Å². The maximum Gasteiger partial charge on any atom is 0.195 e. The second kappa shape index (κ2) is 4.63. The Kier molecular flexibility index (Phi) is 3.21. The fraction of sp³-hybridized carbons (Fsp3) is 0.300.